The Bertz CT molecular complexity index is 214. The van der Waals surface area contributed by atoms with Gasteiger partial charge in [0.25, 0.3) is 0 Å². The third-order valence-corrected chi connectivity index (χ3v) is 2.14. The summed E-state index contributed by atoms with van der Waals surface area (Å²) in [6.45, 7) is 2.67. The van der Waals surface area contributed by atoms with Crippen LogP contribution in [0.2, 0.25) is 0 Å². The van der Waals surface area contributed by atoms with Gasteiger partial charge in [0, 0.05) is 25.0 Å². The molecule has 1 atom stereocenters. The van der Waals surface area contributed by atoms with E-state index in [9.17, 15) is 0 Å². The van der Waals surface area contributed by atoms with Gasteiger partial charge in [-0.1, -0.05) is 0 Å². The first-order valence-electron chi connectivity index (χ1n) is 4.38. The van der Waals surface area contributed by atoms with Gasteiger partial charge in [-0.05, 0) is 18.1 Å². The van der Waals surface area contributed by atoms with Crippen molar-refractivity contribution in [1.29, 1.82) is 0 Å². The summed E-state index contributed by atoms with van der Waals surface area (Å²) in [7, 11) is 0. The highest BCUT2D eigenvalue weighted by Gasteiger charge is 2.12. The third-order valence-electron chi connectivity index (χ3n) is 2.14. The molecule has 1 aliphatic rings. The van der Waals surface area contributed by atoms with Gasteiger partial charge in [-0.3, -0.25) is 0 Å². The first kappa shape index (κ1) is 7.83. The zero-order chi connectivity index (χ0) is 8.23. The molecule has 0 spiro atoms. The maximum atomic E-state index is 5.36. The normalized spacial score (nSPS) is 24.2. The molecule has 12 heavy (non-hydrogen) atoms. The molecule has 0 aliphatic carbocycles. The Morgan fingerprint density at radius 1 is 1.58 bits per heavy atom. The van der Waals surface area contributed by atoms with Gasteiger partial charge in [0.15, 0.2) is 0 Å². The quantitative estimate of drug-likeness (QED) is 0.673. The molecule has 2 rings (SSSR count). The predicted molar refractivity (Wildman–Crippen MR) is 47.1 cm³/mol. The van der Waals surface area contributed by atoms with E-state index >= 15 is 0 Å². The van der Waals surface area contributed by atoms with E-state index in [4.69, 9.17) is 4.74 Å². The van der Waals surface area contributed by atoms with Crippen molar-refractivity contribution in [3.63, 3.8) is 0 Å². The molecular formula is C9H14N2O. The molecule has 1 aliphatic heterocycles. The van der Waals surface area contributed by atoms with E-state index in [1.807, 2.05) is 12.4 Å². The Kier molecular flexibility index (Phi) is 2.44. The van der Waals surface area contributed by atoms with Crippen LogP contribution in [0.5, 0.6) is 0 Å². The Morgan fingerprint density at radius 3 is 3.25 bits per heavy atom. The zero-order valence-electron chi connectivity index (χ0n) is 7.05. The van der Waals surface area contributed by atoms with Crippen molar-refractivity contribution < 1.29 is 4.74 Å². The van der Waals surface area contributed by atoms with Gasteiger partial charge in [-0.25, -0.2) is 0 Å². The molecule has 0 radical (unpaired) electrons. The maximum absolute atomic E-state index is 5.36. The van der Waals surface area contributed by atoms with Crippen molar-refractivity contribution in [2.24, 2.45) is 0 Å². The minimum atomic E-state index is 0.495. The summed E-state index contributed by atoms with van der Waals surface area (Å²) in [6.07, 6.45) is 5.05. The summed E-state index contributed by atoms with van der Waals surface area (Å²) in [5.74, 6) is 0. The number of rotatable bonds is 2. The third kappa shape index (κ3) is 1.87. The molecule has 1 unspecified atom stereocenters. The highest BCUT2D eigenvalue weighted by molar-refractivity contribution is 5.10. The smallest absolute Gasteiger partial charge is 0.0623 e. The standard InChI is InChI=1S/C9H14N2O/c1-2-10-6-8(1)5-9-7-12-4-3-11-9/h1-2,6,9-11H,3-5,7H2. The minimum absolute atomic E-state index is 0.495. The summed E-state index contributed by atoms with van der Waals surface area (Å²) in [4.78, 5) is 3.05. The van der Waals surface area contributed by atoms with Gasteiger partial charge in [0.1, 0.15) is 0 Å². The van der Waals surface area contributed by atoms with Crippen LogP contribution in [0.4, 0.5) is 0 Å². The molecule has 3 heteroatoms. The van der Waals surface area contributed by atoms with Crippen molar-refractivity contribution >= 4 is 0 Å². The minimum Gasteiger partial charge on any atom is -0.379 e. The molecule has 0 bridgehead atoms. The van der Waals surface area contributed by atoms with Gasteiger partial charge < -0.3 is 15.0 Å². The molecule has 2 heterocycles. The molecule has 2 N–H and O–H groups in total. The summed E-state index contributed by atoms with van der Waals surface area (Å²) < 4.78 is 5.36. The second kappa shape index (κ2) is 3.74. The Hall–Kier alpha value is -0.800. The van der Waals surface area contributed by atoms with Crippen molar-refractivity contribution in [3.05, 3.63) is 24.0 Å². The number of ether oxygens (including phenoxy) is 1. The van der Waals surface area contributed by atoms with Crippen LogP contribution in [-0.2, 0) is 11.2 Å². The summed E-state index contributed by atoms with van der Waals surface area (Å²) >= 11 is 0. The predicted octanol–water partition coefficient (Wildman–Crippen LogP) is 0.546. The summed E-state index contributed by atoms with van der Waals surface area (Å²) in [6, 6.07) is 2.60. The monoisotopic (exact) mass is 166 g/mol. The van der Waals surface area contributed by atoms with Gasteiger partial charge in [-0.2, -0.15) is 0 Å². The van der Waals surface area contributed by atoms with Crippen LogP contribution in [0, 0.1) is 0 Å². The second-order valence-electron chi connectivity index (χ2n) is 3.15. The fourth-order valence-corrected chi connectivity index (χ4v) is 1.52. The molecule has 66 valence electrons. The SMILES string of the molecule is c1cc(CC2COCCN2)c[nH]1. The van der Waals surface area contributed by atoms with E-state index in [-0.39, 0.29) is 0 Å². The van der Waals surface area contributed by atoms with Gasteiger partial charge in [-0.15, -0.1) is 0 Å². The number of hydrogen-bond acceptors (Lipinski definition) is 2. The van der Waals surface area contributed by atoms with Crippen molar-refractivity contribution in [2.45, 2.75) is 12.5 Å². The molecule has 0 amide bonds. The molecule has 1 saturated heterocycles. The van der Waals surface area contributed by atoms with Crippen molar-refractivity contribution in [3.8, 4) is 0 Å². The Morgan fingerprint density at radius 2 is 2.58 bits per heavy atom. The zero-order valence-corrected chi connectivity index (χ0v) is 7.05. The van der Waals surface area contributed by atoms with Crippen LogP contribution in [0.3, 0.4) is 0 Å². The average molecular weight is 166 g/mol. The number of aromatic amines is 1. The number of aromatic nitrogens is 1. The fraction of sp³-hybridized carbons (Fsp3) is 0.556. The van der Waals surface area contributed by atoms with Gasteiger partial charge in [0.05, 0.1) is 13.2 Å². The van der Waals surface area contributed by atoms with Gasteiger partial charge >= 0.3 is 0 Å². The maximum Gasteiger partial charge on any atom is 0.0623 e. The number of H-pyrrole nitrogens is 1. The largest absolute Gasteiger partial charge is 0.379 e. The highest BCUT2D eigenvalue weighted by atomic mass is 16.5. The highest BCUT2D eigenvalue weighted by Crippen LogP contribution is 2.04. The number of hydrogen-bond donors (Lipinski definition) is 2. The lowest BCUT2D eigenvalue weighted by Crippen LogP contribution is -2.42. The fourth-order valence-electron chi connectivity index (χ4n) is 1.52. The van der Waals surface area contributed by atoms with E-state index in [1.165, 1.54) is 5.56 Å². The van der Waals surface area contributed by atoms with Crippen LogP contribution in [0.25, 0.3) is 0 Å². The molecule has 1 aromatic rings. The lowest BCUT2D eigenvalue weighted by molar-refractivity contribution is 0.0770. The van der Waals surface area contributed by atoms with E-state index in [0.29, 0.717) is 6.04 Å². The van der Waals surface area contributed by atoms with Crippen LogP contribution in [0.1, 0.15) is 5.56 Å². The van der Waals surface area contributed by atoms with E-state index in [1.54, 1.807) is 0 Å². The number of nitrogens with one attached hydrogen (secondary N) is 2. The van der Waals surface area contributed by atoms with E-state index < -0.39 is 0 Å². The molecule has 1 aromatic heterocycles. The topological polar surface area (TPSA) is 37.0 Å². The van der Waals surface area contributed by atoms with Crippen LogP contribution in [0.15, 0.2) is 18.5 Å². The lowest BCUT2D eigenvalue weighted by Gasteiger charge is -2.23. The van der Waals surface area contributed by atoms with Gasteiger partial charge in [0.2, 0.25) is 0 Å². The van der Waals surface area contributed by atoms with Crippen molar-refractivity contribution in [1.82, 2.24) is 10.3 Å². The summed E-state index contributed by atoms with van der Waals surface area (Å²) in [5.41, 5.74) is 1.35. The van der Waals surface area contributed by atoms with Crippen LogP contribution >= 0.6 is 0 Å². The molecule has 3 nitrogen and oxygen atoms in total. The molecular weight excluding hydrogens is 152 g/mol. The Balaban J connectivity index is 1.86. The average Bonchev–Trinajstić information content (AvgIpc) is 2.59. The first-order chi connectivity index (χ1) is 5.95. The summed E-state index contributed by atoms with van der Waals surface area (Å²) in [5, 5.41) is 3.42. The van der Waals surface area contributed by atoms with Crippen LogP contribution in [-0.4, -0.2) is 30.8 Å². The Labute approximate surface area is 72.1 Å². The molecule has 0 aromatic carbocycles. The molecule has 0 saturated carbocycles. The van der Waals surface area contributed by atoms with Crippen LogP contribution < -0.4 is 5.32 Å². The lowest BCUT2D eigenvalue weighted by atomic mass is 10.1. The number of morpholine rings is 1. The van der Waals surface area contributed by atoms with Crippen molar-refractivity contribution in [2.75, 3.05) is 19.8 Å². The second-order valence-corrected chi connectivity index (χ2v) is 3.15. The molecule has 1 fully saturated rings. The van der Waals surface area contributed by atoms with E-state index in [0.717, 1.165) is 26.2 Å². The van der Waals surface area contributed by atoms with E-state index in [2.05, 4.69) is 16.4 Å². The first-order valence-corrected chi connectivity index (χ1v) is 4.38.